The number of alkyl halides is 3. The zero-order valence-electron chi connectivity index (χ0n) is 11.8. The van der Waals surface area contributed by atoms with Crippen LogP contribution in [0.4, 0.5) is 19.0 Å². The highest BCUT2D eigenvalue weighted by atomic mass is 19.4. The molecule has 0 saturated heterocycles. The van der Waals surface area contributed by atoms with Crippen LogP contribution in [0.3, 0.4) is 0 Å². The van der Waals surface area contributed by atoms with Crippen molar-refractivity contribution >= 4 is 12.0 Å². The summed E-state index contributed by atoms with van der Waals surface area (Å²) in [6.07, 6.45) is -2.14. The molecular formula is C15H12F3N3O2. The number of hydrogen-bond donors (Lipinski definition) is 1. The summed E-state index contributed by atoms with van der Waals surface area (Å²) in [5.41, 5.74) is 2.52. The van der Waals surface area contributed by atoms with Crippen molar-refractivity contribution in [1.82, 2.24) is 4.98 Å². The van der Waals surface area contributed by atoms with Gasteiger partial charge in [0.1, 0.15) is 19.0 Å². The number of halogens is 3. The van der Waals surface area contributed by atoms with Crippen molar-refractivity contribution in [3.8, 4) is 11.5 Å². The lowest BCUT2D eigenvalue weighted by molar-refractivity contribution is -0.137. The molecule has 0 atom stereocenters. The Bertz CT molecular complexity index is 715. The molecule has 2 heterocycles. The molecule has 0 radical (unpaired) electrons. The van der Waals surface area contributed by atoms with E-state index in [2.05, 4.69) is 15.5 Å². The molecule has 1 N–H and O–H groups in total. The van der Waals surface area contributed by atoms with E-state index in [4.69, 9.17) is 9.47 Å². The molecule has 0 bridgehead atoms. The predicted molar refractivity (Wildman–Crippen MR) is 77.9 cm³/mol. The van der Waals surface area contributed by atoms with Gasteiger partial charge in [0.05, 0.1) is 11.8 Å². The normalized spacial score (nSPS) is 14.0. The highest BCUT2D eigenvalue weighted by Crippen LogP contribution is 2.30. The molecule has 1 aliphatic rings. The van der Waals surface area contributed by atoms with Crippen LogP contribution in [0.5, 0.6) is 11.5 Å². The zero-order valence-corrected chi connectivity index (χ0v) is 11.8. The Labute approximate surface area is 129 Å². The first-order valence-electron chi connectivity index (χ1n) is 6.74. The quantitative estimate of drug-likeness (QED) is 0.695. The van der Waals surface area contributed by atoms with Crippen LogP contribution in [-0.4, -0.2) is 24.4 Å². The van der Waals surface area contributed by atoms with Crippen molar-refractivity contribution in [1.29, 1.82) is 0 Å². The predicted octanol–water partition coefficient (Wildman–Crippen LogP) is 3.32. The van der Waals surface area contributed by atoms with Gasteiger partial charge in [0.15, 0.2) is 11.5 Å². The Morgan fingerprint density at radius 2 is 1.87 bits per heavy atom. The summed E-state index contributed by atoms with van der Waals surface area (Å²) in [6, 6.07) is 7.48. The molecule has 0 saturated carbocycles. The second-order valence-corrected chi connectivity index (χ2v) is 4.70. The van der Waals surface area contributed by atoms with Crippen molar-refractivity contribution in [2.75, 3.05) is 18.6 Å². The molecule has 23 heavy (non-hydrogen) atoms. The standard InChI is InChI=1S/C15H12F3N3O2/c16-15(17,18)11-2-4-14(19-9-11)21-20-8-10-1-3-12-13(7-10)23-6-5-22-12/h1-4,7-9H,5-6H2,(H,19,21)/b20-8+. The van der Waals surface area contributed by atoms with Crippen LogP contribution in [0.15, 0.2) is 41.6 Å². The number of fused-ring (bicyclic) bond motifs is 1. The summed E-state index contributed by atoms with van der Waals surface area (Å²) in [5.74, 6) is 1.52. The fraction of sp³-hybridized carbons (Fsp3) is 0.200. The van der Waals surface area contributed by atoms with E-state index in [9.17, 15) is 13.2 Å². The fourth-order valence-corrected chi connectivity index (χ4v) is 1.94. The topological polar surface area (TPSA) is 55.7 Å². The lowest BCUT2D eigenvalue weighted by Crippen LogP contribution is -2.15. The average molecular weight is 323 g/mol. The van der Waals surface area contributed by atoms with Gasteiger partial charge in [-0.25, -0.2) is 4.98 Å². The van der Waals surface area contributed by atoms with Gasteiger partial charge >= 0.3 is 6.18 Å². The summed E-state index contributed by atoms with van der Waals surface area (Å²) in [5, 5.41) is 3.94. The Morgan fingerprint density at radius 1 is 1.09 bits per heavy atom. The number of hydrazone groups is 1. The highest BCUT2D eigenvalue weighted by Gasteiger charge is 2.30. The van der Waals surface area contributed by atoms with Gasteiger partial charge in [0.25, 0.3) is 0 Å². The third-order valence-electron chi connectivity index (χ3n) is 3.05. The Balaban J connectivity index is 1.65. The van der Waals surface area contributed by atoms with E-state index in [0.29, 0.717) is 24.7 Å². The molecule has 3 rings (SSSR count). The maximum atomic E-state index is 12.4. The van der Waals surface area contributed by atoms with Gasteiger partial charge in [-0.15, -0.1) is 0 Å². The molecule has 0 fully saturated rings. The van der Waals surface area contributed by atoms with E-state index >= 15 is 0 Å². The lowest BCUT2D eigenvalue weighted by Gasteiger charge is -2.18. The van der Waals surface area contributed by atoms with Gasteiger partial charge < -0.3 is 9.47 Å². The van der Waals surface area contributed by atoms with E-state index in [0.717, 1.165) is 17.8 Å². The van der Waals surface area contributed by atoms with Crippen LogP contribution in [0.2, 0.25) is 0 Å². The van der Waals surface area contributed by atoms with E-state index in [1.54, 1.807) is 18.2 Å². The number of anilines is 1. The molecule has 0 aliphatic carbocycles. The molecule has 0 unspecified atom stereocenters. The van der Waals surface area contributed by atoms with Crippen molar-refractivity contribution < 1.29 is 22.6 Å². The van der Waals surface area contributed by atoms with Gasteiger partial charge in [0.2, 0.25) is 0 Å². The number of rotatable bonds is 3. The maximum Gasteiger partial charge on any atom is 0.417 e. The van der Waals surface area contributed by atoms with Crippen LogP contribution >= 0.6 is 0 Å². The fourth-order valence-electron chi connectivity index (χ4n) is 1.94. The smallest absolute Gasteiger partial charge is 0.417 e. The monoisotopic (exact) mass is 323 g/mol. The molecule has 1 aromatic heterocycles. The van der Waals surface area contributed by atoms with Gasteiger partial charge in [-0.05, 0) is 35.9 Å². The van der Waals surface area contributed by atoms with Crippen molar-refractivity contribution in [2.24, 2.45) is 5.10 Å². The molecule has 2 aromatic rings. The summed E-state index contributed by atoms with van der Waals surface area (Å²) >= 11 is 0. The number of nitrogens with zero attached hydrogens (tertiary/aromatic N) is 2. The van der Waals surface area contributed by atoms with Gasteiger partial charge in [0, 0.05) is 6.20 Å². The molecular weight excluding hydrogens is 311 g/mol. The van der Waals surface area contributed by atoms with E-state index in [1.807, 2.05) is 0 Å². The second-order valence-electron chi connectivity index (χ2n) is 4.70. The molecule has 1 aromatic carbocycles. The van der Waals surface area contributed by atoms with Crippen LogP contribution < -0.4 is 14.9 Å². The zero-order chi connectivity index (χ0) is 16.3. The minimum Gasteiger partial charge on any atom is -0.486 e. The minimum absolute atomic E-state index is 0.215. The van der Waals surface area contributed by atoms with E-state index in [1.165, 1.54) is 12.3 Å². The first-order valence-corrected chi connectivity index (χ1v) is 6.74. The summed E-state index contributed by atoms with van der Waals surface area (Å²) in [4.78, 5) is 3.66. The first kappa shape index (κ1) is 15.1. The number of hydrogen-bond acceptors (Lipinski definition) is 5. The van der Waals surface area contributed by atoms with E-state index in [-0.39, 0.29) is 5.82 Å². The molecule has 8 heteroatoms. The minimum atomic E-state index is -4.40. The molecule has 0 amide bonds. The third-order valence-corrected chi connectivity index (χ3v) is 3.05. The molecule has 1 aliphatic heterocycles. The van der Waals surface area contributed by atoms with Crippen LogP contribution in [0, 0.1) is 0 Å². The van der Waals surface area contributed by atoms with Crippen molar-refractivity contribution in [2.45, 2.75) is 6.18 Å². The SMILES string of the molecule is FC(F)(F)c1ccc(N/N=C/c2ccc3c(c2)OCCO3)nc1. The summed E-state index contributed by atoms with van der Waals surface area (Å²) in [6.45, 7) is 1.00. The number of nitrogens with one attached hydrogen (secondary N) is 1. The summed E-state index contributed by atoms with van der Waals surface area (Å²) in [7, 11) is 0. The van der Waals surface area contributed by atoms with Crippen molar-refractivity contribution in [3.05, 3.63) is 47.7 Å². The second kappa shape index (κ2) is 6.15. The molecule has 5 nitrogen and oxygen atoms in total. The van der Waals surface area contributed by atoms with Gasteiger partial charge in [-0.2, -0.15) is 18.3 Å². The number of aromatic nitrogens is 1. The number of ether oxygens (including phenoxy) is 2. The Morgan fingerprint density at radius 3 is 2.57 bits per heavy atom. The molecule has 120 valence electrons. The highest BCUT2D eigenvalue weighted by molar-refractivity contribution is 5.81. The van der Waals surface area contributed by atoms with Gasteiger partial charge in [-0.3, -0.25) is 5.43 Å². The third kappa shape index (κ3) is 3.71. The molecule has 0 spiro atoms. The van der Waals surface area contributed by atoms with Crippen LogP contribution in [0.25, 0.3) is 0 Å². The Kier molecular flexibility index (Phi) is 4.05. The maximum absolute atomic E-state index is 12.4. The van der Waals surface area contributed by atoms with Gasteiger partial charge in [-0.1, -0.05) is 0 Å². The summed E-state index contributed by atoms with van der Waals surface area (Å²) < 4.78 is 48.1. The largest absolute Gasteiger partial charge is 0.486 e. The van der Waals surface area contributed by atoms with Crippen LogP contribution in [-0.2, 0) is 6.18 Å². The first-order chi connectivity index (χ1) is 11.0. The average Bonchev–Trinajstić information content (AvgIpc) is 2.54. The van der Waals surface area contributed by atoms with Crippen LogP contribution in [0.1, 0.15) is 11.1 Å². The Hall–Kier alpha value is -2.77. The number of pyridine rings is 1. The van der Waals surface area contributed by atoms with E-state index < -0.39 is 11.7 Å². The lowest BCUT2D eigenvalue weighted by atomic mass is 10.2. The van der Waals surface area contributed by atoms with Crippen molar-refractivity contribution in [3.63, 3.8) is 0 Å². The number of benzene rings is 1.